The predicted molar refractivity (Wildman–Crippen MR) is 63.0 cm³/mol. The Labute approximate surface area is 104 Å². The van der Waals surface area contributed by atoms with Crippen LogP contribution in [0.1, 0.15) is 11.1 Å². The molecule has 0 spiro atoms. The summed E-state index contributed by atoms with van der Waals surface area (Å²) in [5.41, 5.74) is 6.41. The minimum absolute atomic E-state index is 0.0434. The van der Waals surface area contributed by atoms with E-state index < -0.39 is 0 Å². The fraction of sp³-hybridized carbons (Fsp3) is 0.167. The molecule has 0 amide bonds. The maximum atomic E-state index is 8.84. The Hall–Kier alpha value is -2.68. The van der Waals surface area contributed by atoms with Crippen LogP contribution in [0.4, 0.5) is 5.88 Å². The Kier molecular flexibility index (Phi) is 3.34. The van der Waals surface area contributed by atoms with Gasteiger partial charge in [0.25, 0.3) is 5.88 Å². The van der Waals surface area contributed by atoms with Gasteiger partial charge in [-0.3, -0.25) is 0 Å². The Balaban J connectivity index is 2.09. The first kappa shape index (κ1) is 11.8. The van der Waals surface area contributed by atoms with Crippen molar-refractivity contribution in [1.29, 1.82) is 5.26 Å². The second-order valence-electron chi connectivity index (χ2n) is 3.48. The van der Waals surface area contributed by atoms with Crippen LogP contribution < -0.4 is 15.2 Å². The van der Waals surface area contributed by atoms with Gasteiger partial charge in [-0.05, 0) is 22.9 Å². The molecule has 0 aliphatic carbocycles. The first-order valence-electron chi connectivity index (χ1n) is 5.15. The minimum Gasteiger partial charge on any atom is -0.497 e. The number of anilines is 1. The third kappa shape index (κ3) is 2.35. The summed E-state index contributed by atoms with van der Waals surface area (Å²) >= 11 is 0. The number of ether oxygens (including phenoxy) is 2. The number of nitrogen functional groups attached to an aromatic ring is 1. The molecule has 1 heterocycles. The molecule has 0 unspecified atom stereocenters. The van der Waals surface area contributed by atoms with E-state index in [9.17, 15) is 0 Å². The van der Waals surface area contributed by atoms with Crippen LogP contribution in [-0.2, 0) is 6.61 Å². The molecular weight excluding hydrogens is 234 g/mol. The Morgan fingerprint density at radius 1 is 1.50 bits per heavy atom. The largest absolute Gasteiger partial charge is 0.497 e. The number of aromatic nitrogens is 1. The minimum atomic E-state index is -0.0434. The molecule has 92 valence electrons. The number of hydrogen-bond acceptors (Lipinski definition) is 6. The van der Waals surface area contributed by atoms with Gasteiger partial charge in [-0.25, -0.2) is 0 Å². The molecule has 1 aromatic carbocycles. The Morgan fingerprint density at radius 2 is 2.33 bits per heavy atom. The van der Waals surface area contributed by atoms with Gasteiger partial charge in [0.15, 0.2) is 5.56 Å². The molecule has 0 aliphatic heterocycles. The van der Waals surface area contributed by atoms with Crippen LogP contribution in [0.25, 0.3) is 0 Å². The van der Waals surface area contributed by atoms with E-state index in [1.165, 1.54) is 0 Å². The molecule has 0 bridgehead atoms. The summed E-state index contributed by atoms with van der Waals surface area (Å²) in [6.07, 6.45) is 0. The van der Waals surface area contributed by atoms with Gasteiger partial charge >= 0.3 is 0 Å². The van der Waals surface area contributed by atoms with Crippen molar-refractivity contribution < 1.29 is 14.0 Å². The molecule has 0 saturated carbocycles. The molecule has 6 nitrogen and oxygen atoms in total. The topological polar surface area (TPSA) is 94.3 Å². The first-order valence-corrected chi connectivity index (χ1v) is 5.15. The molecule has 2 rings (SSSR count). The van der Waals surface area contributed by atoms with E-state index in [2.05, 4.69) is 9.68 Å². The normalized spacial score (nSPS) is 9.78. The second kappa shape index (κ2) is 5.10. The molecule has 0 fully saturated rings. The summed E-state index contributed by atoms with van der Waals surface area (Å²) in [5, 5.41) is 12.4. The highest BCUT2D eigenvalue weighted by Crippen LogP contribution is 2.23. The van der Waals surface area contributed by atoms with Gasteiger partial charge in [0.2, 0.25) is 5.88 Å². The molecule has 18 heavy (non-hydrogen) atoms. The monoisotopic (exact) mass is 245 g/mol. The van der Waals surface area contributed by atoms with Crippen LogP contribution in [0.5, 0.6) is 11.6 Å². The molecule has 2 aromatic rings. The van der Waals surface area contributed by atoms with Crippen molar-refractivity contribution in [3.63, 3.8) is 0 Å². The molecule has 6 heteroatoms. The summed E-state index contributed by atoms with van der Waals surface area (Å²) in [6.45, 7) is 0.248. The number of methoxy groups -OCH3 is 1. The zero-order valence-corrected chi connectivity index (χ0v) is 9.71. The molecule has 0 aliphatic rings. The lowest BCUT2D eigenvalue weighted by atomic mass is 10.2. The van der Waals surface area contributed by atoms with Crippen LogP contribution >= 0.6 is 0 Å². The summed E-state index contributed by atoms with van der Waals surface area (Å²) in [7, 11) is 1.59. The summed E-state index contributed by atoms with van der Waals surface area (Å²) in [5.74, 6) is 0.784. The van der Waals surface area contributed by atoms with E-state index in [0.717, 1.165) is 11.3 Å². The van der Waals surface area contributed by atoms with Crippen LogP contribution in [0.3, 0.4) is 0 Å². The van der Waals surface area contributed by atoms with Crippen molar-refractivity contribution in [3.8, 4) is 17.7 Å². The molecule has 0 radical (unpaired) electrons. The summed E-state index contributed by atoms with van der Waals surface area (Å²) < 4.78 is 15.1. The molecule has 1 aromatic heterocycles. The Bertz CT molecular complexity index is 586. The molecule has 0 saturated heterocycles. The van der Waals surface area contributed by atoms with Gasteiger partial charge in [0.05, 0.1) is 7.11 Å². The zero-order valence-electron chi connectivity index (χ0n) is 9.71. The number of nitrogens with zero attached hydrogens (tertiary/aromatic N) is 2. The van der Waals surface area contributed by atoms with Gasteiger partial charge in [-0.15, -0.1) is 0 Å². The van der Waals surface area contributed by atoms with E-state index in [1.54, 1.807) is 7.11 Å². The number of rotatable bonds is 4. The number of benzene rings is 1. The maximum absolute atomic E-state index is 8.84. The molecule has 0 atom stereocenters. The van der Waals surface area contributed by atoms with E-state index in [4.69, 9.17) is 20.5 Å². The summed E-state index contributed by atoms with van der Waals surface area (Å²) in [6, 6.07) is 9.25. The predicted octanol–water partition coefficient (Wildman–Crippen LogP) is 1.72. The third-order valence-corrected chi connectivity index (χ3v) is 2.31. The standard InChI is InChI=1S/C12H11N3O3/c1-16-9-4-2-3-8(5-9)7-17-12-10(6-13)11(14)18-15-12/h2-5H,7,14H2,1H3. The van der Waals surface area contributed by atoms with Crippen molar-refractivity contribution in [2.45, 2.75) is 6.61 Å². The SMILES string of the molecule is COc1cccc(COc2noc(N)c2C#N)c1. The smallest absolute Gasteiger partial charge is 0.275 e. The van der Waals surface area contributed by atoms with Gasteiger partial charge in [0.1, 0.15) is 18.4 Å². The van der Waals surface area contributed by atoms with Crippen molar-refractivity contribution >= 4 is 5.88 Å². The van der Waals surface area contributed by atoms with E-state index in [1.807, 2.05) is 30.3 Å². The lowest BCUT2D eigenvalue weighted by Crippen LogP contribution is -1.98. The molecular formula is C12H11N3O3. The molecule has 2 N–H and O–H groups in total. The number of hydrogen-bond donors (Lipinski definition) is 1. The van der Waals surface area contributed by atoms with Crippen molar-refractivity contribution in [2.75, 3.05) is 12.8 Å². The Morgan fingerprint density at radius 3 is 3.06 bits per heavy atom. The average Bonchev–Trinajstić information content (AvgIpc) is 2.77. The van der Waals surface area contributed by atoms with Crippen LogP contribution in [-0.4, -0.2) is 12.3 Å². The van der Waals surface area contributed by atoms with Crippen LogP contribution in [0, 0.1) is 11.3 Å². The maximum Gasteiger partial charge on any atom is 0.275 e. The summed E-state index contributed by atoms with van der Waals surface area (Å²) in [4.78, 5) is 0. The highest BCUT2D eigenvalue weighted by molar-refractivity contribution is 5.51. The fourth-order valence-electron chi connectivity index (χ4n) is 1.40. The van der Waals surface area contributed by atoms with Gasteiger partial charge in [-0.1, -0.05) is 12.1 Å². The average molecular weight is 245 g/mol. The lowest BCUT2D eigenvalue weighted by molar-refractivity contribution is 0.270. The van der Waals surface area contributed by atoms with E-state index in [-0.39, 0.29) is 23.9 Å². The fourth-order valence-corrected chi connectivity index (χ4v) is 1.40. The zero-order chi connectivity index (χ0) is 13.0. The van der Waals surface area contributed by atoms with E-state index >= 15 is 0 Å². The first-order chi connectivity index (χ1) is 8.74. The highest BCUT2D eigenvalue weighted by Gasteiger charge is 2.14. The van der Waals surface area contributed by atoms with Crippen LogP contribution in [0.2, 0.25) is 0 Å². The van der Waals surface area contributed by atoms with Gasteiger partial charge in [-0.2, -0.15) is 5.26 Å². The van der Waals surface area contributed by atoms with Crippen LogP contribution in [0.15, 0.2) is 28.8 Å². The second-order valence-corrected chi connectivity index (χ2v) is 3.48. The number of nitrogens with two attached hydrogens (primary N) is 1. The van der Waals surface area contributed by atoms with Crippen molar-refractivity contribution in [1.82, 2.24) is 5.16 Å². The van der Waals surface area contributed by atoms with Gasteiger partial charge in [0, 0.05) is 0 Å². The highest BCUT2D eigenvalue weighted by atomic mass is 16.5. The van der Waals surface area contributed by atoms with Gasteiger partial charge < -0.3 is 19.7 Å². The van der Waals surface area contributed by atoms with Crippen molar-refractivity contribution in [3.05, 3.63) is 35.4 Å². The van der Waals surface area contributed by atoms with Crippen molar-refractivity contribution in [2.24, 2.45) is 0 Å². The quantitative estimate of drug-likeness (QED) is 0.881. The lowest BCUT2D eigenvalue weighted by Gasteiger charge is -2.04. The van der Waals surface area contributed by atoms with E-state index in [0.29, 0.717) is 0 Å². The number of nitriles is 1. The third-order valence-electron chi connectivity index (χ3n) is 2.31.